The Morgan fingerprint density at radius 1 is 1.14 bits per heavy atom. The van der Waals surface area contributed by atoms with E-state index in [1.54, 1.807) is 0 Å². The molecule has 4 rings (SSSR count). The van der Waals surface area contributed by atoms with E-state index < -0.39 is 0 Å². The van der Waals surface area contributed by atoms with Gasteiger partial charge in [0, 0.05) is 38.6 Å². The van der Waals surface area contributed by atoms with Crippen molar-refractivity contribution < 1.29 is 4.74 Å². The number of hydrogen-bond acceptors (Lipinski definition) is 6. The Kier molecular flexibility index (Phi) is 7.44. The van der Waals surface area contributed by atoms with E-state index in [0.717, 1.165) is 67.8 Å². The molecule has 2 aromatic rings. The summed E-state index contributed by atoms with van der Waals surface area (Å²) in [4.78, 5) is 18.7. The standard InChI is InChI=1S/C21H28N6O.BrH/c1-3-6-20(25-19-15-28-18-8-5-4-7-17(18)24-19)26-9-11-27(12-10-26)21-22-13-16(2)14-23-21;/h4-5,7-8,13-14,20H,3,6,9-12,15H2,1-2H3,(H,24,25);1H. The molecule has 1 N–H and O–H groups in total. The average Bonchev–Trinajstić information content (AvgIpc) is 2.74. The molecule has 1 aromatic carbocycles. The Hall–Kier alpha value is -2.19. The van der Waals surface area contributed by atoms with E-state index in [1.807, 2.05) is 43.6 Å². The topological polar surface area (TPSA) is 65.9 Å². The molecule has 2 aliphatic heterocycles. The summed E-state index contributed by atoms with van der Waals surface area (Å²) in [6.07, 6.45) is 6.07. The van der Waals surface area contributed by atoms with Crippen molar-refractivity contribution in [3.05, 3.63) is 42.2 Å². The van der Waals surface area contributed by atoms with Crippen LogP contribution in [0.5, 0.6) is 5.75 Å². The zero-order valence-corrected chi connectivity index (χ0v) is 18.8. The smallest absolute Gasteiger partial charge is 0.225 e. The van der Waals surface area contributed by atoms with Gasteiger partial charge in [-0.3, -0.25) is 4.90 Å². The maximum Gasteiger partial charge on any atom is 0.225 e. The van der Waals surface area contributed by atoms with Gasteiger partial charge in [-0.15, -0.1) is 17.0 Å². The highest BCUT2D eigenvalue weighted by Crippen LogP contribution is 2.27. The summed E-state index contributed by atoms with van der Waals surface area (Å²) in [7, 11) is 0. The van der Waals surface area contributed by atoms with Gasteiger partial charge in [0.25, 0.3) is 0 Å². The molecular weight excluding hydrogens is 432 g/mol. The number of ether oxygens (including phenoxy) is 1. The van der Waals surface area contributed by atoms with Crippen LogP contribution < -0.4 is 15.0 Å². The maximum atomic E-state index is 5.85. The molecular formula is C21H29BrN6O. The van der Waals surface area contributed by atoms with Gasteiger partial charge in [-0.25, -0.2) is 15.0 Å². The monoisotopic (exact) mass is 460 g/mol. The number of aryl methyl sites for hydroxylation is 1. The molecule has 156 valence electrons. The Labute approximate surface area is 183 Å². The molecule has 0 amide bonds. The van der Waals surface area contributed by atoms with Crippen molar-refractivity contribution >= 4 is 34.5 Å². The quantitative estimate of drug-likeness (QED) is 0.735. The molecule has 1 atom stereocenters. The number of para-hydroxylation sites is 2. The summed E-state index contributed by atoms with van der Waals surface area (Å²) in [5, 5.41) is 3.43. The van der Waals surface area contributed by atoms with Crippen molar-refractivity contribution in [3.63, 3.8) is 0 Å². The number of aromatic nitrogens is 2. The van der Waals surface area contributed by atoms with Gasteiger partial charge < -0.3 is 15.0 Å². The summed E-state index contributed by atoms with van der Waals surface area (Å²) in [5.74, 6) is 2.62. The fourth-order valence-corrected chi connectivity index (χ4v) is 3.64. The van der Waals surface area contributed by atoms with Crippen LogP contribution in [0.3, 0.4) is 0 Å². The summed E-state index contributed by atoms with van der Waals surface area (Å²) in [6.45, 7) is 8.46. The van der Waals surface area contributed by atoms with Gasteiger partial charge in [0.15, 0.2) is 0 Å². The minimum atomic E-state index is 0. The highest BCUT2D eigenvalue weighted by atomic mass is 79.9. The molecule has 1 aromatic heterocycles. The lowest BCUT2D eigenvalue weighted by Crippen LogP contribution is -2.50. The summed E-state index contributed by atoms with van der Waals surface area (Å²) in [6, 6.07) is 8.00. The van der Waals surface area contributed by atoms with Gasteiger partial charge in [0.1, 0.15) is 24.4 Å². The molecule has 0 bridgehead atoms. The number of nitrogens with zero attached hydrogens (tertiary/aromatic N) is 5. The number of amidine groups is 1. The van der Waals surface area contributed by atoms with Gasteiger partial charge in [0.05, 0.1) is 5.69 Å². The van der Waals surface area contributed by atoms with Crippen LogP contribution in [0.15, 0.2) is 41.7 Å². The number of rotatable bonds is 5. The second-order valence-corrected chi connectivity index (χ2v) is 7.34. The van der Waals surface area contributed by atoms with Crippen molar-refractivity contribution in [3.8, 4) is 5.75 Å². The third-order valence-electron chi connectivity index (χ3n) is 5.17. The Morgan fingerprint density at radius 2 is 1.86 bits per heavy atom. The van der Waals surface area contributed by atoms with Crippen molar-refractivity contribution in [1.82, 2.24) is 14.9 Å². The minimum absolute atomic E-state index is 0. The van der Waals surface area contributed by atoms with Gasteiger partial charge in [0.2, 0.25) is 5.95 Å². The third kappa shape index (κ3) is 5.25. The first-order chi connectivity index (χ1) is 13.7. The SMILES string of the molecule is Br.CCCC(/N=C1/COc2ccccc2N1)N1CCN(c2ncc(C)cn2)CC1. The van der Waals surface area contributed by atoms with Gasteiger partial charge in [-0.05, 0) is 31.0 Å². The first-order valence-electron chi connectivity index (χ1n) is 10.1. The largest absolute Gasteiger partial charge is 0.484 e. The molecule has 2 aliphatic rings. The van der Waals surface area contributed by atoms with Crippen LogP contribution in [0.2, 0.25) is 0 Å². The van der Waals surface area contributed by atoms with Crippen LogP contribution in [0.1, 0.15) is 25.3 Å². The fraction of sp³-hybridized carbons (Fsp3) is 0.476. The minimum Gasteiger partial charge on any atom is -0.484 e. The second kappa shape index (κ2) is 10.0. The summed E-state index contributed by atoms with van der Waals surface area (Å²) >= 11 is 0. The van der Waals surface area contributed by atoms with Crippen LogP contribution in [-0.2, 0) is 0 Å². The van der Waals surface area contributed by atoms with Crippen LogP contribution in [-0.4, -0.2) is 59.7 Å². The molecule has 7 nitrogen and oxygen atoms in total. The zero-order valence-electron chi connectivity index (χ0n) is 17.0. The molecule has 29 heavy (non-hydrogen) atoms. The van der Waals surface area contributed by atoms with Crippen molar-refractivity contribution in [2.24, 2.45) is 4.99 Å². The lowest BCUT2D eigenvalue weighted by atomic mass is 10.2. The number of halogens is 1. The lowest BCUT2D eigenvalue weighted by molar-refractivity contribution is 0.179. The van der Waals surface area contributed by atoms with Crippen molar-refractivity contribution in [2.75, 3.05) is 43.0 Å². The van der Waals surface area contributed by atoms with E-state index in [1.165, 1.54) is 0 Å². The molecule has 3 heterocycles. The van der Waals surface area contributed by atoms with Crippen LogP contribution in [0.25, 0.3) is 0 Å². The van der Waals surface area contributed by atoms with Gasteiger partial charge in [-0.2, -0.15) is 0 Å². The molecule has 1 saturated heterocycles. The second-order valence-electron chi connectivity index (χ2n) is 7.34. The molecule has 0 aliphatic carbocycles. The van der Waals surface area contributed by atoms with E-state index >= 15 is 0 Å². The summed E-state index contributed by atoms with van der Waals surface area (Å²) in [5.41, 5.74) is 2.08. The van der Waals surface area contributed by atoms with E-state index in [0.29, 0.717) is 6.61 Å². The first kappa shape index (κ1) is 21.5. The van der Waals surface area contributed by atoms with Crippen LogP contribution in [0.4, 0.5) is 11.6 Å². The average molecular weight is 461 g/mol. The molecule has 0 saturated carbocycles. The number of aliphatic imine (C=N–C) groups is 1. The Morgan fingerprint density at radius 3 is 2.59 bits per heavy atom. The van der Waals surface area contributed by atoms with Crippen molar-refractivity contribution in [2.45, 2.75) is 32.9 Å². The number of fused-ring (bicyclic) bond motifs is 1. The number of hydrogen-bond donors (Lipinski definition) is 1. The highest BCUT2D eigenvalue weighted by molar-refractivity contribution is 8.93. The summed E-state index contributed by atoms with van der Waals surface area (Å²) < 4.78 is 5.85. The van der Waals surface area contributed by atoms with Gasteiger partial charge in [-0.1, -0.05) is 25.5 Å². The first-order valence-corrected chi connectivity index (χ1v) is 10.1. The number of piperazine rings is 1. The van der Waals surface area contributed by atoms with E-state index in [9.17, 15) is 0 Å². The number of benzene rings is 1. The predicted octanol–water partition coefficient (Wildman–Crippen LogP) is 3.51. The molecule has 0 spiro atoms. The predicted molar refractivity (Wildman–Crippen MR) is 123 cm³/mol. The van der Waals surface area contributed by atoms with E-state index in [2.05, 4.69) is 32.0 Å². The Bertz CT molecular complexity index is 820. The fourth-order valence-electron chi connectivity index (χ4n) is 3.64. The molecule has 1 fully saturated rings. The number of anilines is 2. The van der Waals surface area contributed by atoms with E-state index in [-0.39, 0.29) is 23.1 Å². The van der Waals surface area contributed by atoms with E-state index in [4.69, 9.17) is 9.73 Å². The molecule has 1 unspecified atom stereocenters. The van der Waals surface area contributed by atoms with Crippen molar-refractivity contribution in [1.29, 1.82) is 0 Å². The van der Waals surface area contributed by atoms with Crippen LogP contribution >= 0.6 is 17.0 Å². The van der Waals surface area contributed by atoms with Crippen LogP contribution in [0, 0.1) is 6.92 Å². The highest BCUT2D eigenvalue weighted by Gasteiger charge is 2.25. The normalized spacial score (nSPS) is 19.0. The maximum absolute atomic E-state index is 5.85. The zero-order chi connectivity index (χ0) is 19.3. The Balaban J connectivity index is 0.00000240. The third-order valence-corrected chi connectivity index (χ3v) is 5.17. The molecule has 8 heteroatoms. The number of nitrogens with one attached hydrogen (secondary N) is 1. The lowest BCUT2D eigenvalue weighted by Gasteiger charge is -2.38. The molecule has 0 radical (unpaired) electrons. The van der Waals surface area contributed by atoms with Gasteiger partial charge >= 0.3 is 0 Å².